The van der Waals surface area contributed by atoms with Gasteiger partial charge in [-0.2, -0.15) is 0 Å². The molecule has 0 saturated heterocycles. The lowest BCUT2D eigenvalue weighted by atomic mass is 10.2. The molecule has 0 aliphatic carbocycles. The minimum absolute atomic E-state index is 0.312. The Morgan fingerprint density at radius 1 is 1.52 bits per heavy atom. The van der Waals surface area contributed by atoms with Crippen LogP contribution in [0.25, 0.3) is 0 Å². The first-order valence-electron chi connectivity index (χ1n) is 6.67. The lowest BCUT2D eigenvalue weighted by Gasteiger charge is -2.08. The number of pyridine rings is 1. The summed E-state index contributed by atoms with van der Waals surface area (Å²) in [5.41, 5.74) is 7.42. The van der Waals surface area contributed by atoms with Gasteiger partial charge in [-0.3, -0.25) is 0 Å². The minimum atomic E-state index is -0.434. The summed E-state index contributed by atoms with van der Waals surface area (Å²) in [7, 11) is 0. The molecule has 0 fully saturated rings. The molecule has 2 rings (SSSR count). The summed E-state index contributed by atoms with van der Waals surface area (Å²) in [4.78, 5) is 20.3. The second-order valence-electron chi connectivity index (χ2n) is 4.44. The average Bonchev–Trinajstić information content (AvgIpc) is 2.86. The van der Waals surface area contributed by atoms with Gasteiger partial charge in [-0.1, -0.05) is 0 Å². The number of ether oxygens (including phenoxy) is 1. The summed E-state index contributed by atoms with van der Waals surface area (Å²) in [5.74, 6) is 0.163. The van der Waals surface area contributed by atoms with Crippen molar-refractivity contribution in [2.24, 2.45) is 0 Å². The van der Waals surface area contributed by atoms with Crippen LogP contribution in [0.1, 0.15) is 28.0 Å². The Morgan fingerprint density at radius 3 is 3.00 bits per heavy atom. The van der Waals surface area contributed by atoms with Crippen molar-refractivity contribution in [1.82, 2.24) is 9.97 Å². The number of nitrogens with two attached hydrogens (primary N) is 1. The highest BCUT2D eigenvalue weighted by molar-refractivity contribution is 7.09. The molecule has 0 aromatic carbocycles. The van der Waals surface area contributed by atoms with Gasteiger partial charge >= 0.3 is 5.97 Å². The Hall–Kier alpha value is -2.15. The van der Waals surface area contributed by atoms with Gasteiger partial charge in [0.15, 0.2) is 0 Å². The first-order valence-corrected chi connectivity index (χ1v) is 7.55. The van der Waals surface area contributed by atoms with Gasteiger partial charge in [0.2, 0.25) is 0 Å². The number of anilines is 2. The van der Waals surface area contributed by atoms with Gasteiger partial charge in [0.25, 0.3) is 0 Å². The Balaban J connectivity index is 1.97. The summed E-state index contributed by atoms with van der Waals surface area (Å²) in [6, 6.07) is 1.61. The first-order chi connectivity index (χ1) is 10.1. The number of hydrogen-bond acceptors (Lipinski definition) is 7. The highest BCUT2D eigenvalue weighted by atomic mass is 32.1. The number of aromatic nitrogens is 2. The highest BCUT2D eigenvalue weighted by Crippen LogP contribution is 2.16. The van der Waals surface area contributed by atoms with E-state index in [2.05, 4.69) is 15.3 Å². The molecule has 2 aromatic rings. The van der Waals surface area contributed by atoms with Crippen molar-refractivity contribution in [2.45, 2.75) is 20.3 Å². The fourth-order valence-corrected chi connectivity index (χ4v) is 2.54. The van der Waals surface area contributed by atoms with Crippen molar-refractivity contribution in [1.29, 1.82) is 0 Å². The predicted octanol–water partition coefficient (Wildman–Crippen LogP) is 2.26. The smallest absolute Gasteiger partial charge is 0.340 e. The van der Waals surface area contributed by atoms with E-state index in [0.717, 1.165) is 17.1 Å². The molecule has 21 heavy (non-hydrogen) atoms. The van der Waals surface area contributed by atoms with E-state index in [1.807, 2.05) is 12.3 Å². The van der Waals surface area contributed by atoms with Gasteiger partial charge in [-0.05, 0) is 19.9 Å². The SMILES string of the molecule is CCOC(=O)c1cc(NCCc2nc(C)cs2)ncc1N. The molecule has 0 bridgehead atoms. The zero-order chi connectivity index (χ0) is 15.2. The van der Waals surface area contributed by atoms with E-state index in [9.17, 15) is 4.79 Å². The van der Waals surface area contributed by atoms with Crippen molar-refractivity contribution in [3.63, 3.8) is 0 Å². The lowest BCUT2D eigenvalue weighted by molar-refractivity contribution is 0.0527. The Bertz CT molecular complexity index is 627. The molecule has 0 atom stereocenters. The summed E-state index contributed by atoms with van der Waals surface area (Å²) in [6.45, 7) is 4.73. The van der Waals surface area contributed by atoms with Crippen LogP contribution < -0.4 is 11.1 Å². The maximum absolute atomic E-state index is 11.7. The van der Waals surface area contributed by atoms with E-state index in [4.69, 9.17) is 10.5 Å². The van der Waals surface area contributed by atoms with Crippen LogP contribution in [0.5, 0.6) is 0 Å². The average molecular weight is 306 g/mol. The van der Waals surface area contributed by atoms with Crippen LogP contribution in [0.4, 0.5) is 11.5 Å². The summed E-state index contributed by atoms with van der Waals surface area (Å²) in [6.07, 6.45) is 2.27. The molecule has 0 spiro atoms. The Morgan fingerprint density at radius 2 is 2.33 bits per heavy atom. The van der Waals surface area contributed by atoms with Crippen molar-refractivity contribution in [2.75, 3.05) is 24.2 Å². The van der Waals surface area contributed by atoms with Gasteiger partial charge in [-0.25, -0.2) is 14.8 Å². The zero-order valence-corrected chi connectivity index (χ0v) is 12.9. The maximum atomic E-state index is 11.7. The number of nitrogens with zero attached hydrogens (tertiary/aromatic N) is 2. The Labute approximate surface area is 127 Å². The molecule has 2 heterocycles. The first kappa shape index (κ1) is 15.2. The highest BCUT2D eigenvalue weighted by Gasteiger charge is 2.12. The number of thiazole rings is 1. The van der Waals surface area contributed by atoms with Crippen LogP contribution >= 0.6 is 11.3 Å². The van der Waals surface area contributed by atoms with Gasteiger partial charge < -0.3 is 15.8 Å². The second kappa shape index (κ2) is 7.03. The van der Waals surface area contributed by atoms with E-state index < -0.39 is 5.97 Å². The van der Waals surface area contributed by atoms with Gasteiger partial charge in [0.1, 0.15) is 5.82 Å². The number of carbonyl (C=O) groups excluding carboxylic acids is 1. The molecular weight excluding hydrogens is 288 g/mol. The van der Waals surface area contributed by atoms with Gasteiger partial charge in [0, 0.05) is 24.0 Å². The number of rotatable bonds is 6. The maximum Gasteiger partial charge on any atom is 0.340 e. The van der Waals surface area contributed by atoms with Gasteiger partial charge in [0.05, 0.1) is 29.1 Å². The summed E-state index contributed by atoms with van der Waals surface area (Å²) in [5, 5.41) is 6.25. The van der Waals surface area contributed by atoms with Gasteiger partial charge in [-0.15, -0.1) is 11.3 Å². The van der Waals surface area contributed by atoms with E-state index in [-0.39, 0.29) is 0 Å². The summed E-state index contributed by atoms with van der Waals surface area (Å²) >= 11 is 1.64. The molecule has 7 heteroatoms. The molecule has 6 nitrogen and oxygen atoms in total. The minimum Gasteiger partial charge on any atom is -0.462 e. The molecule has 2 aromatic heterocycles. The zero-order valence-electron chi connectivity index (χ0n) is 12.0. The van der Waals surface area contributed by atoms with E-state index in [1.165, 1.54) is 6.20 Å². The van der Waals surface area contributed by atoms with Crippen molar-refractivity contribution >= 4 is 28.8 Å². The normalized spacial score (nSPS) is 10.4. The van der Waals surface area contributed by atoms with Crippen molar-refractivity contribution in [3.05, 3.63) is 33.9 Å². The van der Waals surface area contributed by atoms with Crippen molar-refractivity contribution in [3.8, 4) is 0 Å². The van der Waals surface area contributed by atoms with Crippen LogP contribution in [0.2, 0.25) is 0 Å². The second-order valence-corrected chi connectivity index (χ2v) is 5.38. The quantitative estimate of drug-likeness (QED) is 0.796. The number of nitrogen functional groups attached to an aromatic ring is 1. The molecule has 112 valence electrons. The van der Waals surface area contributed by atoms with Crippen LogP contribution in [0.3, 0.4) is 0 Å². The monoisotopic (exact) mass is 306 g/mol. The standard InChI is InChI=1S/C14H18N4O2S/c1-3-20-14(19)10-6-12(17-7-11(10)15)16-5-4-13-18-9(2)8-21-13/h6-8H,3-5,15H2,1-2H3,(H,16,17). The third-order valence-corrected chi connectivity index (χ3v) is 3.77. The molecule has 0 unspecified atom stereocenters. The fraction of sp³-hybridized carbons (Fsp3) is 0.357. The molecule has 0 radical (unpaired) electrons. The number of hydrogen-bond donors (Lipinski definition) is 2. The van der Waals surface area contributed by atoms with E-state index in [0.29, 0.717) is 30.2 Å². The van der Waals surface area contributed by atoms with Crippen LogP contribution in [0, 0.1) is 6.92 Å². The third kappa shape index (κ3) is 4.16. The molecule has 3 N–H and O–H groups in total. The molecular formula is C14H18N4O2S. The van der Waals surface area contributed by atoms with Crippen LogP contribution in [-0.4, -0.2) is 29.1 Å². The van der Waals surface area contributed by atoms with Crippen molar-refractivity contribution < 1.29 is 9.53 Å². The fourth-order valence-electron chi connectivity index (χ4n) is 1.76. The Kier molecular flexibility index (Phi) is 5.10. The number of carbonyl (C=O) groups is 1. The number of aryl methyl sites for hydroxylation is 1. The van der Waals surface area contributed by atoms with E-state index in [1.54, 1.807) is 24.3 Å². The largest absolute Gasteiger partial charge is 0.462 e. The van der Waals surface area contributed by atoms with Crippen LogP contribution in [-0.2, 0) is 11.2 Å². The molecule has 0 aliphatic heterocycles. The molecule has 0 aliphatic rings. The van der Waals surface area contributed by atoms with Crippen LogP contribution in [0.15, 0.2) is 17.6 Å². The molecule has 0 amide bonds. The lowest BCUT2D eigenvalue weighted by Crippen LogP contribution is -2.11. The number of esters is 1. The molecule has 0 saturated carbocycles. The predicted molar refractivity (Wildman–Crippen MR) is 83.7 cm³/mol. The summed E-state index contributed by atoms with van der Waals surface area (Å²) < 4.78 is 4.96. The number of nitrogens with one attached hydrogen (secondary N) is 1. The van der Waals surface area contributed by atoms with E-state index >= 15 is 0 Å². The topological polar surface area (TPSA) is 90.1 Å². The third-order valence-electron chi connectivity index (χ3n) is 2.74.